The molecule has 0 spiro atoms. The zero-order valence-electron chi connectivity index (χ0n) is 8.92. The molecule has 0 unspecified atom stereocenters. The molecule has 3 nitrogen and oxygen atoms in total. The number of thioether (sulfide) groups is 1. The van der Waals surface area contributed by atoms with Crippen LogP contribution in [0.25, 0.3) is 11.4 Å². The summed E-state index contributed by atoms with van der Waals surface area (Å²) in [6.45, 7) is 0. The molecular formula is C13H9N3S. The van der Waals surface area contributed by atoms with Crippen LogP contribution in [0.15, 0.2) is 52.5 Å². The molecule has 0 aliphatic carbocycles. The van der Waals surface area contributed by atoms with Crippen molar-refractivity contribution < 1.29 is 0 Å². The lowest BCUT2D eigenvalue weighted by atomic mass is 10.1. The van der Waals surface area contributed by atoms with Gasteiger partial charge in [-0.1, -0.05) is 30.0 Å². The minimum Gasteiger partial charge on any atom is -0.397 e. The Morgan fingerprint density at radius 3 is 2.82 bits per heavy atom. The van der Waals surface area contributed by atoms with E-state index in [1.807, 2.05) is 42.6 Å². The van der Waals surface area contributed by atoms with Gasteiger partial charge in [-0.15, -0.1) is 0 Å². The third kappa shape index (κ3) is 1.44. The number of nitrogens with zero attached hydrogens (tertiary/aromatic N) is 2. The molecule has 3 rings (SSSR count). The fourth-order valence-corrected chi connectivity index (χ4v) is 2.80. The molecule has 0 amide bonds. The summed E-state index contributed by atoms with van der Waals surface area (Å²) < 4.78 is 2.05. The molecule has 0 bridgehead atoms. The molecule has 2 aromatic rings. The van der Waals surface area contributed by atoms with Crippen molar-refractivity contribution in [2.45, 2.75) is 5.03 Å². The van der Waals surface area contributed by atoms with Gasteiger partial charge in [0.05, 0.1) is 16.4 Å². The second kappa shape index (κ2) is 3.72. The van der Waals surface area contributed by atoms with Crippen LogP contribution in [0.5, 0.6) is 0 Å². The summed E-state index contributed by atoms with van der Waals surface area (Å²) >= 11 is 1.41. The number of hydrogen-bond acceptors (Lipinski definition) is 3. The highest BCUT2D eigenvalue weighted by Crippen LogP contribution is 2.37. The fourth-order valence-electron chi connectivity index (χ4n) is 1.92. The molecule has 82 valence electrons. The summed E-state index contributed by atoms with van der Waals surface area (Å²) in [7, 11) is 0. The van der Waals surface area contributed by atoms with Crippen LogP contribution in [-0.2, 0) is 0 Å². The highest BCUT2D eigenvalue weighted by Gasteiger charge is 2.19. The first kappa shape index (κ1) is 10.1. The highest BCUT2D eigenvalue weighted by molar-refractivity contribution is 8.03. The van der Waals surface area contributed by atoms with E-state index in [0.29, 0.717) is 10.6 Å². The maximum atomic E-state index is 9.16. The molecule has 17 heavy (non-hydrogen) atoms. The Morgan fingerprint density at radius 1 is 1.18 bits per heavy atom. The normalized spacial score (nSPS) is 13.6. The summed E-state index contributed by atoms with van der Waals surface area (Å²) in [6, 6.07) is 14.0. The predicted octanol–water partition coefficient (Wildman–Crippen LogP) is 2.73. The average Bonchev–Trinajstić information content (AvgIpc) is 2.79. The van der Waals surface area contributed by atoms with Crippen molar-refractivity contribution in [3.63, 3.8) is 0 Å². The van der Waals surface area contributed by atoms with Gasteiger partial charge in [0.25, 0.3) is 0 Å². The first-order chi connectivity index (χ1) is 8.31. The Bertz CT molecular complexity index is 661. The topological polar surface area (TPSA) is 54.7 Å². The van der Waals surface area contributed by atoms with Gasteiger partial charge in [-0.3, -0.25) is 0 Å². The Balaban J connectivity index is 2.38. The van der Waals surface area contributed by atoms with Crippen LogP contribution in [0, 0.1) is 11.3 Å². The molecule has 1 aliphatic heterocycles. The van der Waals surface area contributed by atoms with E-state index in [4.69, 9.17) is 11.0 Å². The Morgan fingerprint density at radius 2 is 2.00 bits per heavy atom. The summed E-state index contributed by atoms with van der Waals surface area (Å²) in [5.41, 5.74) is 8.54. The third-order valence-electron chi connectivity index (χ3n) is 2.72. The molecular weight excluding hydrogens is 230 g/mol. The summed E-state index contributed by atoms with van der Waals surface area (Å²) in [5.74, 6) is 0. The van der Waals surface area contributed by atoms with Gasteiger partial charge in [-0.2, -0.15) is 5.26 Å². The molecule has 0 atom stereocenters. The van der Waals surface area contributed by atoms with Crippen LogP contribution in [0.3, 0.4) is 0 Å². The van der Waals surface area contributed by atoms with Gasteiger partial charge in [0.2, 0.25) is 0 Å². The van der Waals surface area contributed by atoms with Crippen LogP contribution in [-0.4, -0.2) is 4.57 Å². The first-order valence-corrected chi connectivity index (χ1v) is 5.98. The molecule has 0 fully saturated rings. The minimum atomic E-state index is 0.551. The Hall–Kier alpha value is -2.12. The van der Waals surface area contributed by atoms with Crippen molar-refractivity contribution >= 4 is 17.5 Å². The second-order valence-corrected chi connectivity index (χ2v) is 4.72. The standard InChI is InChI=1S/C13H9N3S/c14-8-11-13(15)9-4-1-2-5-10(9)16-7-3-6-12(16)17-11/h1-7H,15H2. The van der Waals surface area contributed by atoms with E-state index in [0.717, 1.165) is 16.3 Å². The minimum absolute atomic E-state index is 0.551. The summed E-state index contributed by atoms with van der Waals surface area (Å²) in [5, 5.41) is 10.2. The average molecular weight is 239 g/mol. The lowest BCUT2D eigenvalue weighted by molar-refractivity contribution is 0.956. The predicted molar refractivity (Wildman–Crippen MR) is 68.3 cm³/mol. The molecule has 0 radical (unpaired) electrons. The number of benzene rings is 1. The molecule has 1 aliphatic rings. The lowest BCUT2D eigenvalue weighted by Gasteiger charge is -2.09. The monoisotopic (exact) mass is 239 g/mol. The van der Waals surface area contributed by atoms with Crippen LogP contribution in [0.4, 0.5) is 0 Å². The number of allylic oxidation sites excluding steroid dienone is 1. The van der Waals surface area contributed by atoms with Crippen LogP contribution < -0.4 is 5.73 Å². The Labute approximate surface area is 103 Å². The van der Waals surface area contributed by atoms with Gasteiger partial charge in [0.1, 0.15) is 11.0 Å². The number of fused-ring (bicyclic) bond motifs is 3. The maximum absolute atomic E-state index is 9.16. The number of hydrogen-bond donors (Lipinski definition) is 1. The fraction of sp³-hybridized carbons (Fsp3) is 0. The van der Waals surface area contributed by atoms with E-state index in [-0.39, 0.29) is 0 Å². The van der Waals surface area contributed by atoms with E-state index < -0.39 is 0 Å². The zero-order valence-corrected chi connectivity index (χ0v) is 9.74. The van der Waals surface area contributed by atoms with E-state index >= 15 is 0 Å². The van der Waals surface area contributed by atoms with E-state index in [1.54, 1.807) is 0 Å². The number of nitrogens with two attached hydrogens (primary N) is 1. The van der Waals surface area contributed by atoms with Crippen molar-refractivity contribution in [3.8, 4) is 11.8 Å². The summed E-state index contributed by atoms with van der Waals surface area (Å²) in [4.78, 5) is 0.551. The second-order valence-electron chi connectivity index (χ2n) is 3.69. The Kier molecular flexibility index (Phi) is 2.20. The number of aromatic nitrogens is 1. The van der Waals surface area contributed by atoms with Gasteiger partial charge < -0.3 is 10.3 Å². The molecule has 2 N–H and O–H groups in total. The van der Waals surface area contributed by atoms with Crippen molar-refractivity contribution in [1.82, 2.24) is 4.57 Å². The third-order valence-corrected chi connectivity index (χ3v) is 3.78. The molecule has 1 aromatic heterocycles. The SMILES string of the molecule is N#CC1=C(N)c2ccccc2-n2cccc2S1. The smallest absolute Gasteiger partial charge is 0.115 e. The first-order valence-electron chi connectivity index (χ1n) is 5.16. The molecule has 1 aromatic carbocycles. The van der Waals surface area contributed by atoms with Crippen LogP contribution in [0.2, 0.25) is 0 Å². The molecule has 2 heterocycles. The molecule has 4 heteroatoms. The van der Waals surface area contributed by atoms with Gasteiger partial charge in [0.15, 0.2) is 0 Å². The van der Waals surface area contributed by atoms with Gasteiger partial charge in [-0.25, -0.2) is 0 Å². The maximum Gasteiger partial charge on any atom is 0.115 e. The molecule has 0 saturated carbocycles. The quantitative estimate of drug-likeness (QED) is 0.769. The van der Waals surface area contributed by atoms with Crippen LogP contribution in [0.1, 0.15) is 5.56 Å². The van der Waals surface area contributed by atoms with Gasteiger partial charge in [0, 0.05) is 11.8 Å². The van der Waals surface area contributed by atoms with Crippen LogP contribution >= 0.6 is 11.8 Å². The van der Waals surface area contributed by atoms with E-state index in [1.165, 1.54) is 11.8 Å². The largest absolute Gasteiger partial charge is 0.397 e. The number of rotatable bonds is 0. The number of para-hydroxylation sites is 1. The van der Waals surface area contributed by atoms with Crippen molar-refractivity contribution in [2.75, 3.05) is 0 Å². The highest BCUT2D eigenvalue weighted by atomic mass is 32.2. The number of nitriles is 1. The summed E-state index contributed by atoms with van der Waals surface area (Å²) in [6.07, 6.45) is 1.98. The lowest BCUT2D eigenvalue weighted by Crippen LogP contribution is -2.02. The van der Waals surface area contributed by atoms with E-state index in [2.05, 4.69) is 10.6 Å². The van der Waals surface area contributed by atoms with Crippen molar-refractivity contribution in [1.29, 1.82) is 5.26 Å². The van der Waals surface area contributed by atoms with Gasteiger partial charge in [-0.05, 0) is 18.2 Å². The van der Waals surface area contributed by atoms with Gasteiger partial charge >= 0.3 is 0 Å². The zero-order chi connectivity index (χ0) is 11.8. The van der Waals surface area contributed by atoms with Crippen molar-refractivity contribution in [2.24, 2.45) is 5.73 Å². The molecule has 0 saturated heterocycles. The van der Waals surface area contributed by atoms with Crippen molar-refractivity contribution in [3.05, 3.63) is 53.1 Å². The van der Waals surface area contributed by atoms with E-state index in [9.17, 15) is 0 Å².